The molecule has 104 valence electrons. The van der Waals surface area contributed by atoms with Crippen molar-refractivity contribution in [2.24, 2.45) is 5.92 Å². The molecule has 2 fully saturated rings. The summed E-state index contributed by atoms with van der Waals surface area (Å²) < 4.78 is 5.45. The number of fused-ring (bicyclic) bond motifs is 1. The number of hydrogen-bond acceptors (Lipinski definition) is 3. The molecule has 18 heavy (non-hydrogen) atoms. The van der Waals surface area contributed by atoms with E-state index in [4.69, 9.17) is 4.74 Å². The molecular weight excluding hydrogens is 230 g/mol. The maximum atomic E-state index is 12.2. The highest BCUT2D eigenvalue weighted by molar-refractivity contribution is 5.68. The molecule has 2 rings (SSSR count). The smallest absolute Gasteiger partial charge is 0.410 e. The van der Waals surface area contributed by atoms with E-state index in [2.05, 4.69) is 0 Å². The van der Waals surface area contributed by atoms with E-state index in [1.807, 2.05) is 20.8 Å². The van der Waals surface area contributed by atoms with Gasteiger partial charge in [0.25, 0.3) is 0 Å². The minimum absolute atomic E-state index is 0.266. The van der Waals surface area contributed by atoms with Gasteiger partial charge in [-0.05, 0) is 46.0 Å². The largest absolute Gasteiger partial charge is 0.444 e. The molecule has 0 aromatic carbocycles. The first-order valence-corrected chi connectivity index (χ1v) is 7.04. The van der Waals surface area contributed by atoms with Crippen LogP contribution in [0.2, 0.25) is 0 Å². The minimum Gasteiger partial charge on any atom is -0.444 e. The monoisotopic (exact) mass is 255 g/mol. The third-order valence-corrected chi connectivity index (χ3v) is 3.88. The number of hydrogen-bond donors (Lipinski definition) is 1. The van der Waals surface area contributed by atoms with E-state index < -0.39 is 11.7 Å². The van der Waals surface area contributed by atoms with Gasteiger partial charge in [-0.1, -0.05) is 12.8 Å². The van der Waals surface area contributed by atoms with E-state index in [-0.39, 0.29) is 12.1 Å². The van der Waals surface area contributed by atoms with Gasteiger partial charge in [-0.2, -0.15) is 0 Å². The molecule has 1 N–H and O–H groups in total. The van der Waals surface area contributed by atoms with Crippen LogP contribution in [0.1, 0.15) is 52.9 Å². The third kappa shape index (κ3) is 3.16. The first-order valence-electron chi connectivity index (χ1n) is 7.04. The molecule has 1 saturated heterocycles. The highest BCUT2D eigenvalue weighted by atomic mass is 16.6. The molecule has 0 aromatic rings. The lowest BCUT2D eigenvalue weighted by Crippen LogP contribution is -2.55. The Bertz CT molecular complexity index is 311. The highest BCUT2D eigenvalue weighted by Gasteiger charge is 2.40. The molecular formula is C14H25NO3. The van der Waals surface area contributed by atoms with Gasteiger partial charge >= 0.3 is 6.09 Å². The van der Waals surface area contributed by atoms with Crippen LogP contribution < -0.4 is 0 Å². The van der Waals surface area contributed by atoms with Crippen LogP contribution in [0.15, 0.2) is 0 Å². The molecule has 2 aliphatic rings. The number of nitrogens with zero attached hydrogens (tertiary/aromatic N) is 1. The van der Waals surface area contributed by atoms with Crippen LogP contribution in [0.4, 0.5) is 4.79 Å². The van der Waals surface area contributed by atoms with Crippen LogP contribution in [-0.2, 0) is 4.74 Å². The highest BCUT2D eigenvalue weighted by Crippen LogP contribution is 2.36. The van der Waals surface area contributed by atoms with Crippen molar-refractivity contribution in [1.82, 2.24) is 4.90 Å². The standard InChI is InChI=1S/C14H25NO3/c1-14(2,3)18-13(17)15-9-11(16)8-10-6-4-5-7-12(10)15/h10-12,16H,4-9H2,1-3H3. The Balaban J connectivity index is 2.06. The van der Waals surface area contributed by atoms with Crippen molar-refractivity contribution < 1.29 is 14.6 Å². The third-order valence-electron chi connectivity index (χ3n) is 3.88. The second-order valence-corrected chi connectivity index (χ2v) is 6.63. The SMILES string of the molecule is CC(C)(C)OC(=O)N1CC(O)CC2CCCCC21. The summed E-state index contributed by atoms with van der Waals surface area (Å²) >= 11 is 0. The summed E-state index contributed by atoms with van der Waals surface area (Å²) in [4.78, 5) is 14.0. The van der Waals surface area contributed by atoms with Crippen molar-refractivity contribution in [2.75, 3.05) is 6.54 Å². The maximum Gasteiger partial charge on any atom is 0.410 e. The zero-order valence-corrected chi connectivity index (χ0v) is 11.7. The Morgan fingerprint density at radius 3 is 2.61 bits per heavy atom. The number of ether oxygens (including phenoxy) is 1. The molecule has 0 aromatic heterocycles. The lowest BCUT2D eigenvalue weighted by atomic mass is 9.77. The van der Waals surface area contributed by atoms with E-state index in [1.54, 1.807) is 4.90 Å². The predicted molar refractivity (Wildman–Crippen MR) is 69.3 cm³/mol. The van der Waals surface area contributed by atoms with Crippen LogP contribution in [0.5, 0.6) is 0 Å². The molecule has 0 bridgehead atoms. The van der Waals surface area contributed by atoms with Crippen molar-refractivity contribution in [3.8, 4) is 0 Å². The first kappa shape index (κ1) is 13.7. The van der Waals surface area contributed by atoms with Crippen LogP contribution in [-0.4, -0.2) is 40.4 Å². The molecule has 0 radical (unpaired) electrons. The molecule has 1 heterocycles. The first-order chi connectivity index (χ1) is 8.37. The van der Waals surface area contributed by atoms with Crippen molar-refractivity contribution in [3.63, 3.8) is 0 Å². The van der Waals surface area contributed by atoms with Crippen molar-refractivity contribution in [2.45, 2.75) is 70.6 Å². The van der Waals surface area contributed by atoms with E-state index in [9.17, 15) is 9.90 Å². The molecule has 3 atom stereocenters. The quantitative estimate of drug-likeness (QED) is 0.723. The summed E-state index contributed by atoms with van der Waals surface area (Å²) in [6.45, 7) is 6.06. The Morgan fingerprint density at radius 1 is 1.28 bits per heavy atom. The van der Waals surface area contributed by atoms with Gasteiger partial charge in [-0.15, -0.1) is 0 Å². The van der Waals surface area contributed by atoms with Gasteiger partial charge in [-0.25, -0.2) is 4.79 Å². The van der Waals surface area contributed by atoms with Gasteiger partial charge in [0.2, 0.25) is 0 Å². The summed E-state index contributed by atoms with van der Waals surface area (Å²) in [5, 5.41) is 9.92. The van der Waals surface area contributed by atoms with Crippen molar-refractivity contribution >= 4 is 6.09 Å². The Morgan fingerprint density at radius 2 is 1.94 bits per heavy atom. The van der Waals surface area contributed by atoms with Crippen molar-refractivity contribution in [3.05, 3.63) is 0 Å². The molecule has 1 aliphatic carbocycles. The molecule has 0 spiro atoms. The van der Waals surface area contributed by atoms with E-state index >= 15 is 0 Å². The van der Waals surface area contributed by atoms with Crippen LogP contribution in [0.3, 0.4) is 0 Å². The summed E-state index contributed by atoms with van der Waals surface area (Å²) in [7, 11) is 0. The molecule has 1 amide bonds. The summed E-state index contributed by atoms with van der Waals surface area (Å²) in [5.41, 5.74) is -0.469. The second kappa shape index (κ2) is 5.08. The summed E-state index contributed by atoms with van der Waals surface area (Å²) in [5.74, 6) is 0.454. The van der Waals surface area contributed by atoms with Gasteiger partial charge < -0.3 is 14.7 Å². The molecule has 1 saturated carbocycles. The van der Waals surface area contributed by atoms with E-state index in [1.165, 1.54) is 12.8 Å². The average Bonchev–Trinajstić information content (AvgIpc) is 2.25. The van der Waals surface area contributed by atoms with Crippen molar-refractivity contribution in [1.29, 1.82) is 0 Å². The lowest BCUT2D eigenvalue weighted by Gasteiger charge is -2.45. The second-order valence-electron chi connectivity index (χ2n) is 6.63. The number of carbonyl (C=O) groups is 1. The van der Waals surface area contributed by atoms with Gasteiger partial charge in [0.05, 0.1) is 12.6 Å². The minimum atomic E-state index is -0.469. The Kier molecular flexibility index (Phi) is 3.85. The fourth-order valence-corrected chi connectivity index (χ4v) is 3.19. The Hall–Kier alpha value is -0.770. The topological polar surface area (TPSA) is 49.8 Å². The van der Waals surface area contributed by atoms with Crippen LogP contribution in [0.25, 0.3) is 0 Å². The lowest BCUT2D eigenvalue weighted by molar-refractivity contribution is -0.0400. The molecule has 3 unspecified atom stereocenters. The zero-order valence-electron chi connectivity index (χ0n) is 11.7. The molecule has 1 aliphatic heterocycles. The van der Waals surface area contributed by atoms with Crippen LogP contribution >= 0.6 is 0 Å². The number of β-amino-alcohol motifs (C(OH)–C–C–N with tert-alkyl or cyclic N) is 1. The van der Waals surface area contributed by atoms with Gasteiger partial charge in [0.15, 0.2) is 0 Å². The number of carbonyl (C=O) groups excluding carboxylic acids is 1. The van der Waals surface area contributed by atoms with E-state index in [0.717, 1.165) is 19.3 Å². The number of piperidine rings is 1. The van der Waals surface area contributed by atoms with Gasteiger partial charge in [0, 0.05) is 6.04 Å². The fourth-order valence-electron chi connectivity index (χ4n) is 3.19. The average molecular weight is 255 g/mol. The summed E-state index contributed by atoms with van der Waals surface area (Å²) in [6, 6.07) is 0.275. The molecule has 4 heteroatoms. The predicted octanol–water partition coefficient (Wildman–Crippen LogP) is 2.55. The number of likely N-dealkylation sites (tertiary alicyclic amines) is 1. The summed E-state index contributed by atoms with van der Waals surface area (Å²) in [6.07, 6.45) is 4.75. The van der Waals surface area contributed by atoms with Crippen LogP contribution in [0, 0.1) is 5.92 Å². The maximum absolute atomic E-state index is 12.2. The number of amides is 1. The van der Waals surface area contributed by atoms with Gasteiger partial charge in [0.1, 0.15) is 5.60 Å². The number of aliphatic hydroxyl groups is 1. The van der Waals surface area contributed by atoms with E-state index in [0.29, 0.717) is 12.5 Å². The molecule has 4 nitrogen and oxygen atoms in total. The normalized spacial score (nSPS) is 32.9. The number of rotatable bonds is 0. The Labute approximate surface area is 109 Å². The van der Waals surface area contributed by atoms with Gasteiger partial charge in [-0.3, -0.25) is 0 Å². The number of aliphatic hydroxyl groups excluding tert-OH is 1. The zero-order chi connectivity index (χ0) is 13.3. The fraction of sp³-hybridized carbons (Fsp3) is 0.929.